The summed E-state index contributed by atoms with van der Waals surface area (Å²) < 4.78 is 0. The molecular formula is C35H51Cl3N6O2. The molecule has 11 heteroatoms. The summed E-state index contributed by atoms with van der Waals surface area (Å²) in [6, 6.07) is 9.24. The smallest absolute Gasteiger partial charge is 0.240 e. The molecule has 1 saturated carbocycles. The summed E-state index contributed by atoms with van der Waals surface area (Å²) >= 11 is 19.1. The number of rotatable bonds is 14. The van der Waals surface area contributed by atoms with Crippen molar-refractivity contribution in [1.29, 1.82) is 0 Å². The highest BCUT2D eigenvalue weighted by Crippen LogP contribution is 2.32. The van der Waals surface area contributed by atoms with Crippen molar-refractivity contribution >= 4 is 46.6 Å². The van der Waals surface area contributed by atoms with Crippen LogP contribution in [-0.4, -0.2) is 78.5 Å². The third kappa shape index (κ3) is 10.3. The molecule has 1 saturated heterocycles. The van der Waals surface area contributed by atoms with Gasteiger partial charge in [0.05, 0.1) is 12.1 Å². The average molecular weight is 694 g/mol. The Balaban J connectivity index is 1.57. The maximum absolute atomic E-state index is 14.2. The van der Waals surface area contributed by atoms with E-state index in [2.05, 4.69) is 5.32 Å². The lowest BCUT2D eigenvalue weighted by molar-refractivity contribution is -0.149. The van der Waals surface area contributed by atoms with Gasteiger partial charge in [-0.1, -0.05) is 85.1 Å². The first-order valence-corrected chi connectivity index (χ1v) is 17.9. The molecule has 0 aromatic heterocycles. The van der Waals surface area contributed by atoms with Crippen molar-refractivity contribution in [2.75, 3.05) is 32.7 Å². The van der Waals surface area contributed by atoms with E-state index in [4.69, 9.17) is 52.0 Å². The van der Waals surface area contributed by atoms with E-state index in [0.29, 0.717) is 53.5 Å². The Kier molecular flexibility index (Phi) is 14.5. The number of hydrogen-bond acceptors (Lipinski definition) is 6. The lowest BCUT2D eigenvalue weighted by Crippen LogP contribution is -2.65. The third-order valence-electron chi connectivity index (χ3n) is 9.54. The van der Waals surface area contributed by atoms with E-state index in [1.54, 1.807) is 12.1 Å². The molecule has 2 amide bonds. The van der Waals surface area contributed by atoms with Crippen molar-refractivity contribution in [2.24, 2.45) is 23.1 Å². The number of carbonyl (C=O) groups excluding carboxylic acids is 2. The monoisotopic (exact) mass is 692 g/mol. The van der Waals surface area contributed by atoms with Gasteiger partial charge in [0.1, 0.15) is 0 Å². The van der Waals surface area contributed by atoms with E-state index < -0.39 is 12.1 Å². The summed E-state index contributed by atoms with van der Waals surface area (Å²) in [7, 11) is 0. The number of halogens is 3. The van der Waals surface area contributed by atoms with Gasteiger partial charge in [-0.25, -0.2) is 0 Å². The number of nitrogens with two attached hydrogens (primary N) is 3. The fraction of sp³-hybridized carbons (Fsp3) is 0.600. The summed E-state index contributed by atoms with van der Waals surface area (Å²) in [4.78, 5) is 32.2. The lowest BCUT2D eigenvalue weighted by atomic mass is 9.83. The van der Waals surface area contributed by atoms with Crippen LogP contribution in [0.5, 0.6) is 0 Å². The van der Waals surface area contributed by atoms with Crippen LogP contribution < -0.4 is 22.5 Å². The second kappa shape index (κ2) is 18.0. The number of hydrogen-bond donors (Lipinski definition) is 4. The van der Waals surface area contributed by atoms with Gasteiger partial charge < -0.3 is 32.3 Å². The molecular weight excluding hydrogens is 643 g/mol. The minimum absolute atomic E-state index is 0.102. The molecule has 46 heavy (non-hydrogen) atoms. The van der Waals surface area contributed by atoms with Gasteiger partial charge in [0.25, 0.3) is 0 Å². The maximum atomic E-state index is 14.2. The van der Waals surface area contributed by atoms with E-state index in [9.17, 15) is 9.59 Å². The number of piperazine rings is 1. The molecule has 2 aromatic carbocycles. The van der Waals surface area contributed by atoms with Crippen molar-refractivity contribution in [3.8, 4) is 0 Å². The van der Waals surface area contributed by atoms with Gasteiger partial charge in [-0.2, -0.15) is 0 Å². The molecule has 0 radical (unpaired) electrons. The van der Waals surface area contributed by atoms with Gasteiger partial charge in [0.2, 0.25) is 11.8 Å². The summed E-state index contributed by atoms with van der Waals surface area (Å²) in [6.45, 7) is 4.90. The van der Waals surface area contributed by atoms with Gasteiger partial charge in [-0.05, 0) is 86.4 Å². The zero-order valence-electron chi connectivity index (χ0n) is 27.0. The third-order valence-corrected chi connectivity index (χ3v) is 10.5. The zero-order chi connectivity index (χ0) is 33.2. The van der Waals surface area contributed by atoms with Crippen LogP contribution in [0.2, 0.25) is 15.1 Å². The first-order valence-electron chi connectivity index (χ1n) is 16.8. The first kappa shape index (κ1) is 36.9. The highest BCUT2D eigenvalue weighted by molar-refractivity contribution is 6.35. The number of benzene rings is 2. The topological polar surface area (TPSA) is 131 Å². The molecule has 3 unspecified atom stereocenters. The quantitative estimate of drug-likeness (QED) is 0.204. The molecule has 1 aliphatic carbocycles. The van der Waals surface area contributed by atoms with Crippen molar-refractivity contribution in [3.63, 3.8) is 0 Å². The second-order valence-electron chi connectivity index (χ2n) is 13.2. The molecule has 254 valence electrons. The number of nitrogens with zero attached hydrogens (tertiary/aromatic N) is 2. The standard InChI is InChI=1S/C35H51Cl3N6O2/c1-23-9-10-25(30(37)16-23)18-32(40)34(45)43-22-29(17-24-6-3-2-4-7-24)44(21-28(43)8-5-14-42-15-13-39)35(46)33(41)19-26-11-12-27(36)20-31(26)38/h9-12,16,20,24,28-29,32-33,42H,2-8,13-15,17-19,21-22,39-41H2,1H3/t28?,29-,32?,33?/m1/s1. The molecule has 4 atom stereocenters. The molecule has 8 nitrogen and oxygen atoms in total. The number of aryl methyl sites for hydroxylation is 1. The average Bonchev–Trinajstić information content (AvgIpc) is 3.03. The Hall–Kier alpha value is -1.91. The summed E-state index contributed by atoms with van der Waals surface area (Å²) in [5.41, 5.74) is 21.6. The van der Waals surface area contributed by atoms with Crippen LogP contribution in [0.1, 0.15) is 68.1 Å². The van der Waals surface area contributed by atoms with E-state index in [1.807, 2.05) is 41.0 Å². The minimum atomic E-state index is -0.771. The Morgan fingerprint density at radius 2 is 1.43 bits per heavy atom. The van der Waals surface area contributed by atoms with Crippen molar-refractivity contribution in [2.45, 2.75) is 95.3 Å². The summed E-state index contributed by atoms with van der Waals surface area (Å²) in [5, 5.41) is 4.99. The van der Waals surface area contributed by atoms with Gasteiger partial charge >= 0.3 is 0 Å². The number of amides is 2. The van der Waals surface area contributed by atoms with Crippen LogP contribution in [0.4, 0.5) is 0 Å². The fourth-order valence-corrected chi connectivity index (χ4v) is 7.81. The van der Waals surface area contributed by atoms with Gasteiger partial charge in [-0.3, -0.25) is 9.59 Å². The molecule has 1 heterocycles. The molecule has 4 rings (SSSR count). The largest absolute Gasteiger partial charge is 0.335 e. The Bertz CT molecular complexity index is 1310. The highest BCUT2D eigenvalue weighted by Gasteiger charge is 2.41. The summed E-state index contributed by atoms with van der Waals surface area (Å²) in [6.07, 6.45) is 8.97. The van der Waals surface area contributed by atoms with Gasteiger partial charge in [-0.15, -0.1) is 0 Å². The molecule has 1 aliphatic heterocycles. The van der Waals surface area contributed by atoms with Crippen LogP contribution in [0.25, 0.3) is 0 Å². The molecule has 2 aliphatic rings. The summed E-state index contributed by atoms with van der Waals surface area (Å²) in [5.74, 6) is 0.292. The zero-order valence-corrected chi connectivity index (χ0v) is 29.3. The van der Waals surface area contributed by atoms with Crippen LogP contribution in [0, 0.1) is 12.8 Å². The van der Waals surface area contributed by atoms with Crippen molar-refractivity contribution in [1.82, 2.24) is 15.1 Å². The molecule has 2 fully saturated rings. The van der Waals surface area contributed by atoms with Crippen molar-refractivity contribution < 1.29 is 9.59 Å². The Morgan fingerprint density at radius 1 is 0.848 bits per heavy atom. The van der Waals surface area contributed by atoms with E-state index in [0.717, 1.165) is 61.9 Å². The van der Waals surface area contributed by atoms with Crippen LogP contribution >= 0.6 is 34.8 Å². The second-order valence-corrected chi connectivity index (χ2v) is 14.4. The maximum Gasteiger partial charge on any atom is 0.240 e. The number of carbonyl (C=O) groups is 2. The predicted octanol–water partition coefficient (Wildman–Crippen LogP) is 5.10. The van der Waals surface area contributed by atoms with E-state index >= 15 is 0 Å². The van der Waals surface area contributed by atoms with E-state index in [1.165, 1.54) is 19.3 Å². The lowest BCUT2D eigenvalue weighted by Gasteiger charge is -2.49. The molecule has 0 bridgehead atoms. The van der Waals surface area contributed by atoms with Crippen LogP contribution in [0.3, 0.4) is 0 Å². The Morgan fingerprint density at radius 3 is 2.04 bits per heavy atom. The predicted molar refractivity (Wildman–Crippen MR) is 189 cm³/mol. The molecule has 2 aromatic rings. The van der Waals surface area contributed by atoms with Crippen LogP contribution in [-0.2, 0) is 22.4 Å². The minimum Gasteiger partial charge on any atom is -0.335 e. The highest BCUT2D eigenvalue weighted by atomic mass is 35.5. The van der Waals surface area contributed by atoms with Crippen LogP contribution in [0.15, 0.2) is 36.4 Å². The van der Waals surface area contributed by atoms with Crippen molar-refractivity contribution in [3.05, 3.63) is 68.2 Å². The fourth-order valence-electron chi connectivity index (χ4n) is 7.02. The Labute approximate surface area is 289 Å². The SMILES string of the molecule is Cc1ccc(CC(N)C(=O)N2C[C@@H](CC3CCCCC3)N(C(=O)C(N)Cc3ccc(Cl)cc3Cl)CC2CCCNCCN)c(Cl)c1. The molecule has 7 N–H and O–H groups in total. The molecule has 0 spiro atoms. The van der Waals surface area contributed by atoms with Gasteiger partial charge in [0.15, 0.2) is 0 Å². The van der Waals surface area contributed by atoms with Gasteiger partial charge in [0, 0.05) is 53.3 Å². The number of nitrogens with one attached hydrogen (secondary N) is 1. The first-order chi connectivity index (χ1) is 22.1. The van der Waals surface area contributed by atoms with E-state index in [-0.39, 0.29) is 23.9 Å². The normalized spacial score (nSPS) is 20.5.